The summed E-state index contributed by atoms with van der Waals surface area (Å²) >= 11 is 3.03. The maximum Gasteiger partial charge on any atom is 0.264 e. The zero-order chi connectivity index (χ0) is 22.5. The van der Waals surface area contributed by atoms with Crippen LogP contribution >= 0.6 is 22.7 Å². The average molecular weight is 479 g/mol. The molecule has 1 fully saturated rings. The molecule has 0 radical (unpaired) electrons. The fraction of sp³-hybridized carbons (Fsp3) is 0.217. The first-order valence-electron chi connectivity index (χ1n) is 10.6. The Morgan fingerprint density at radius 2 is 1.82 bits per heavy atom. The van der Waals surface area contributed by atoms with E-state index in [0.717, 1.165) is 50.7 Å². The fourth-order valence-corrected chi connectivity index (χ4v) is 6.09. The number of piperazine rings is 1. The van der Waals surface area contributed by atoms with Crippen LogP contribution in [0.3, 0.4) is 0 Å². The number of benzene rings is 1. The van der Waals surface area contributed by atoms with Crippen molar-refractivity contribution in [2.45, 2.75) is 6.92 Å². The first-order valence-corrected chi connectivity index (χ1v) is 12.3. The molecule has 4 aromatic heterocycles. The lowest BCUT2D eigenvalue weighted by atomic mass is 10.2. The van der Waals surface area contributed by atoms with Gasteiger partial charge in [0.05, 0.1) is 21.6 Å². The summed E-state index contributed by atoms with van der Waals surface area (Å²) in [6.07, 6.45) is 1.61. The van der Waals surface area contributed by atoms with E-state index in [-0.39, 0.29) is 11.7 Å². The summed E-state index contributed by atoms with van der Waals surface area (Å²) in [4.78, 5) is 28.8. The third-order valence-electron chi connectivity index (χ3n) is 5.93. The molecule has 0 saturated carbocycles. The number of hydrogen-bond acceptors (Lipinski definition) is 7. The molecule has 5 heterocycles. The zero-order valence-corrected chi connectivity index (χ0v) is 19.4. The predicted octanol–water partition coefficient (Wildman–Crippen LogP) is 4.50. The largest absolute Gasteiger partial charge is 0.352 e. The van der Waals surface area contributed by atoms with Crippen LogP contribution in [-0.4, -0.2) is 56.7 Å². The van der Waals surface area contributed by atoms with E-state index in [4.69, 9.17) is 0 Å². The molecular weight excluding hydrogens is 459 g/mol. The molecule has 0 aliphatic carbocycles. The molecule has 1 amide bonds. The van der Waals surface area contributed by atoms with Crippen molar-refractivity contribution in [3.8, 4) is 5.69 Å². The Bertz CT molecular complexity index is 1480. The molecule has 1 aliphatic heterocycles. The van der Waals surface area contributed by atoms with Gasteiger partial charge in [-0.2, -0.15) is 5.10 Å². The van der Waals surface area contributed by atoms with E-state index in [1.54, 1.807) is 34.5 Å². The summed E-state index contributed by atoms with van der Waals surface area (Å²) in [6.45, 7) is 4.63. The molecular formula is C23H19FN6OS2. The van der Waals surface area contributed by atoms with Crippen LogP contribution in [0, 0.1) is 12.7 Å². The maximum absolute atomic E-state index is 13.3. The van der Waals surface area contributed by atoms with Crippen LogP contribution in [0.1, 0.15) is 15.4 Å². The van der Waals surface area contributed by atoms with Crippen molar-refractivity contribution in [2.75, 3.05) is 31.1 Å². The van der Waals surface area contributed by atoms with Gasteiger partial charge in [-0.25, -0.2) is 19.0 Å². The van der Waals surface area contributed by atoms with Crippen molar-refractivity contribution in [1.82, 2.24) is 24.6 Å². The number of rotatable bonds is 3. The first-order chi connectivity index (χ1) is 16.1. The number of carbonyl (C=O) groups excluding carboxylic acids is 1. The molecule has 33 heavy (non-hydrogen) atoms. The summed E-state index contributed by atoms with van der Waals surface area (Å²) in [6, 6.07) is 10.2. The third kappa shape index (κ3) is 3.46. The van der Waals surface area contributed by atoms with Crippen LogP contribution in [0.5, 0.6) is 0 Å². The van der Waals surface area contributed by atoms with Crippen molar-refractivity contribution < 1.29 is 9.18 Å². The molecule has 5 aromatic rings. The highest BCUT2D eigenvalue weighted by molar-refractivity contribution is 7.20. The van der Waals surface area contributed by atoms with E-state index in [1.165, 1.54) is 23.5 Å². The second-order valence-electron chi connectivity index (χ2n) is 7.92. The van der Waals surface area contributed by atoms with E-state index in [0.29, 0.717) is 18.0 Å². The predicted molar refractivity (Wildman–Crippen MR) is 129 cm³/mol. The van der Waals surface area contributed by atoms with E-state index < -0.39 is 0 Å². The van der Waals surface area contributed by atoms with Crippen molar-refractivity contribution >= 4 is 54.8 Å². The summed E-state index contributed by atoms with van der Waals surface area (Å²) in [7, 11) is 0. The minimum Gasteiger partial charge on any atom is -0.352 e. The SMILES string of the molecule is Cc1nn(-c2ccc(F)cc2)c2sc(C(=O)N3CCN(c4ncnc5sccc45)CC3)cc12. The van der Waals surface area contributed by atoms with Gasteiger partial charge in [-0.15, -0.1) is 22.7 Å². The van der Waals surface area contributed by atoms with Crippen molar-refractivity contribution in [3.63, 3.8) is 0 Å². The molecule has 6 rings (SSSR count). The Labute approximate surface area is 196 Å². The van der Waals surface area contributed by atoms with Gasteiger partial charge in [-0.05, 0) is 48.7 Å². The van der Waals surface area contributed by atoms with Gasteiger partial charge in [0.25, 0.3) is 5.91 Å². The fourth-order valence-electron chi connectivity index (χ4n) is 4.22. The molecule has 0 bridgehead atoms. The van der Waals surface area contributed by atoms with E-state index in [9.17, 15) is 9.18 Å². The molecule has 1 aromatic carbocycles. The Morgan fingerprint density at radius 1 is 1.03 bits per heavy atom. The number of carbonyl (C=O) groups is 1. The summed E-state index contributed by atoms with van der Waals surface area (Å²) in [5, 5.41) is 8.63. The van der Waals surface area contributed by atoms with Gasteiger partial charge in [-0.1, -0.05) is 0 Å². The lowest BCUT2D eigenvalue weighted by Crippen LogP contribution is -2.49. The first kappa shape index (κ1) is 20.3. The van der Waals surface area contributed by atoms with Crippen molar-refractivity contribution in [3.05, 3.63) is 64.5 Å². The molecule has 1 aliphatic rings. The van der Waals surface area contributed by atoms with Crippen LogP contribution in [-0.2, 0) is 0 Å². The van der Waals surface area contributed by atoms with E-state index in [2.05, 4.69) is 26.0 Å². The van der Waals surface area contributed by atoms with E-state index >= 15 is 0 Å². The highest BCUT2D eigenvalue weighted by Crippen LogP contribution is 2.32. The van der Waals surface area contributed by atoms with Crippen molar-refractivity contribution in [2.24, 2.45) is 0 Å². The second kappa shape index (κ2) is 7.89. The maximum atomic E-state index is 13.3. The number of aryl methyl sites for hydroxylation is 1. The van der Waals surface area contributed by atoms with Crippen LogP contribution < -0.4 is 4.90 Å². The molecule has 10 heteroatoms. The summed E-state index contributed by atoms with van der Waals surface area (Å²) in [5.74, 6) is 0.677. The van der Waals surface area contributed by atoms with Gasteiger partial charge in [0.2, 0.25) is 0 Å². The number of fused-ring (bicyclic) bond motifs is 2. The van der Waals surface area contributed by atoms with Gasteiger partial charge < -0.3 is 9.80 Å². The second-order valence-corrected chi connectivity index (χ2v) is 9.84. The Hall–Kier alpha value is -3.37. The molecule has 0 atom stereocenters. The smallest absolute Gasteiger partial charge is 0.264 e. The van der Waals surface area contributed by atoms with Crippen LogP contribution in [0.2, 0.25) is 0 Å². The Kier molecular flexibility index (Phi) is 4.84. The highest BCUT2D eigenvalue weighted by Gasteiger charge is 2.26. The molecule has 166 valence electrons. The summed E-state index contributed by atoms with van der Waals surface area (Å²) in [5.41, 5.74) is 1.62. The van der Waals surface area contributed by atoms with E-state index in [1.807, 2.05) is 23.3 Å². The standard InChI is InChI=1S/C23H19FN6OS2/c1-14-18-12-19(33-23(18)30(27-14)16-4-2-15(24)3-5-16)22(31)29-9-7-28(8-10-29)20-17-6-11-32-21(17)26-13-25-20/h2-6,11-13H,7-10H2,1H3. The highest BCUT2D eigenvalue weighted by atomic mass is 32.1. The molecule has 1 saturated heterocycles. The minimum absolute atomic E-state index is 0.0317. The number of anilines is 1. The van der Waals surface area contributed by atoms with Gasteiger partial charge in [0.1, 0.15) is 27.6 Å². The van der Waals surface area contributed by atoms with Gasteiger partial charge in [0.15, 0.2) is 0 Å². The van der Waals surface area contributed by atoms with Crippen LogP contribution in [0.4, 0.5) is 10.2 Å². The number of hydrogen-bond donors (Lipinski definition) is 0. The molecule has 0 N–H and O–H groups in total. The molecule has 7 nitrogen and oxygen atoms in total. The minimum atomic E-state index is -0.290. The van der Waals surface area contributed by atoms with Gasteiger partial charge >= 0.3 is 0 Å². The van der Waals surface area contributed by atoms with Crippen molar-refractivity contribution in [1.29, 1.82) is 0 Å². The lowest BCUT2D eigenvalue weighted by molar-refractivity contribution is 0.0751. The van der Waals surface area contributed by atoms with Crippen LogP contribution in [0.25, 0.3) is 26.1 Å². The topological polar surface area (TPSA) is 67.2 Å². The van der Waals surface area contributed by atoms with Gasteiger partial charge in [-0.3, -0.25) is 4.79 Å². The number of aromatic nitrogens is 4. The zero-order valence-electron chi connectivity index (χ0n) is 17.7. The lowest BCUT2D eigenvalue weighted by Gasteiger charge is -2.35. The van der Waals surface area contributed by atoms with Crippen LogP contribution in [0.15, 0.2) is 48.1 Å². The Morgan fingerprint density at radius 3 is 2.61 bits per heavy atom. The number of halogens is 1. The number of nitrogens with zero attached hydrogens (tertiary/aromatic N) is 6. The normalized spacial score (nSPS) is 14.5. The quantitative estimate of drug-likeness (QED) is 0.382. The monoisotopic (exact) mass is 478 g/mol. The molecule has 0 unspecified atom stereocenters. The number of thiophene rings is 2. The molecule has 0 spiro atoms. The Balaban J connectivity index is 1.23. The average Bonchev–Trinajstić information content (AvgIpc) is 3.56. The third-order valence-corrected chi connectivity index (χ3v) is 7.85. The number of amides is 1. The summed E-state index contributed by atoms with van der Waals surface area (Å²) < 4.78 is 15.1. The van der Waals surface area contributed by atoms with Gasteiger partial charge in [0, 0.05) is 31.6 Å².